The zero-order valence-electron chi connectivity index (χ0n) is 12.0. The van der Waals surface area contributed by atoms with E-state index in [1.165, 1.54) is 5.56 Å². The number of phenols is 1. The molecular formula is C18H20NO2. The molecule has 21 heavy (non-hydrogen) atoms. The maximum atomic E-state index is 9.37. The van der Waals surface area contributed by atoms with Gasteiger partial charge in [-0.3, -0.25) is 0 Å². The van der Waals surface area contributed by atoms with E-state index in [-0.39, 0.29) is 6.10 Å². The van der Waals surface area contributed by atoms with Gasteiger partial charge in [0.15, 0.2) is 0 Å². The third kappa shape index (κ3) is 3.76. The van der Waals surface area contributed by atoms with Crippen molar-refractivity contribution in [3.63, 3.8) is 0 Å². The number of nitrogens with zero attached hydrogens (tertiary/aromatic N) is 1. The van der Waals surface area contributed by atoms with Crippen LogP contribution in [-0.4, -0.2) is 24.3 Å². The van der Waals surface area contributed by atoms with Gasteiger partial charge < -0.3 is 14.7 Å². The number of hydrogen-bond acceptors (Lipinski definition) is 3. The molecule has 3 rings (SSSR count). The minimum atomic E-state index is 0.146. The largest absolute Gasteiger partial charge is 0.508 e. The fourth-order valence-corrected chi connectivity index (χ4v) is 2.60. The molecule has 2 aromatic carbocycles. The lowest BCUT2D eigenvalue weighted by molar-refractivity contribution is 0.0588. The SMILES string of the molecule is Oc1ccc(N2CC[CH]C(OCc3ccccc3)C2)cc1. The minimum absolute atomic E-state index is 0.146. The average molecular weight is 282 g/mol. The Morgan fingerprint density at radius 3 is 2.57 bits per heavy atom. The second kappa shape index (κ2) is 6.64. The molecule has 1 N–H and O–H groups in total. The molecule has 0 aromatic heterocycles. The third-order valence-electron chi connectivity index (χ3n) is 3.75. The molecule has 1 unspecified atom stereocenters. The van der Waals surface area contributed by atoms with Gasteiger partial charge >= 0.3 is 0 Å². The lowest BCUT2D eigenvalue weighted by atomic mass is 10.1. The van der Waals surface area contributed by atoms with Crippen LogP contribution in [0.4, 0.5) is 5.69 Å². The summed E-state index contributed by atoms with van der Waals surface area (Å²) >= 11 is 0. The number of anilines is 1. The molecule has 1 heterocycles. The molecule has 3 nitrogen and oxygen atoms in total. The highest BCUT2D eigenvalue weighted by molar-refractivity contribution is 5.49. The second-order valence-electron chi connectivity index (χ2n) is 5.32. The number of benzene rings is 2. The maximum Gasteiger partial charge on any atom is 0.115 e. The van der Waals surface area contributed by atoms with E-state index in [1.807, 2.05) is 30.3 Å². The van der Waals surface area contributed by atoms with E-state index in [1.54, 1.807) is 12.1 Å². The molecule has 0 amide bonds. The summed E-state index contributed by atoms with van der Waals surface area (Å²) in [5, 5.41) is 9.37. The van der Waals surface area contributed by atoms with Crippen LogP contribution in [0.2, 0.25) is 0 Å². The molecule has 0 aliphatic carbocycles. The van der Waals surface area contributed by atoms with Crippen molar-refractivity contribution in [3.8, 4) is 5.75 Å². The van der Waals surface area contributed by atoms with Crippen LogP contribution in [0, 0.1) is 6.42 Å². The third-order valence-corrected chi connectivity index (χ3v) is 3.75. The van der Waals surface area contributed by atoms with Crippen LogP contribution in [-0.2, 0) is 11.3 Å². The van der Waals surface area contributed by atoms with E-state index in [2.05, 4.69) is 23.5 Å². The monoisotopic (exact) mass is 282 g/mol. The molecular weight excluding hydrogens is 262 g/mol. The average Bonchev–Trinajstić information content (AvgIpc) is 2.55. The molecule has 1 aliphatic rings. The first-order chi connectivity index (χ1) is 10.3. The number of phenolic OH excluding ortho intramolecular Hbond substituents is 1. The van der Waals surface area contributed by atoms with E-state index >= 15 is 0 Å². The molecule has 1 saturated heterocycles. The fourth-order valence-electron chi connectivity index (χ4n) is 2.60. The van der Waals surface area contributed by atoms with Crippen LogP contribution in [0.25, 0.3) is 0 Å². The topological polar surface area (TPSA) is 32.7 Å². The predicted octanol–water partition coefficient (Wildman–Crippen LogP) is 3.39. The van der Waals surface area contributed by atoms with Crippen molar-refractivity contribution in [1.82, 2.24) is 0 Å². The van der Waals surface area contributed by atoms with Crippen LogP contribution in [0.1, 0.15) is 12.0 Å². The van der Waals surface area contributed by atoms with Gasteiger partial charge in [-0.2, -0.15) is 0 Å². The van der Waals surface area contributed by atoms with Gasteiger partial charge in [0.25, 0.3) is 0 Å². The van der Waals surface area contributed by atoms with E-state index in [0.717, 1.165) is 25.2 Å². The van der Waals surface area contributed by atoms with Crippen molar-refractivity contribution < 1.29 is 9.84 Å². The van der Waals surface area contributed by atoms with E-state index < -0.39 is 0 Å². The summed E-state index contributed by atoms with van der Waals surface area (Å²) in [6.45, 7) is 2.50. The van der Waals surface area contributed by atoms with E-state index in [9.17, 15) is 5.11 Å². The van der Waals surface area contributed by atoms with E-state index in [0.29, 0.717) is 12.4 Å². The van der Waals surface area contributed by atoms with Gasteiger partial charge in [-0.15, -0.1) is 0 Å². The first-order valence-electron chi connectivity index (χ1n) is 7.34. The Morgan fingerprint density at radius 1 is 1.05 bits per heavy atom. The number of piperidine rings is 1. The molecule has 2 aromatic rings. The van der Waals surface area contributed by atoms with Crippen LogP contribution < -0.4 is 4.90 Å². The lowest BCUT2D eigenvalue weighted by Gasteiger charge is -2.34. The summed E-state index contributed by atoms with van der Waals surface area (Å²) in [7, 11) is 0. The van der Waals surface area contributed by atoms with Crippen molar-refractivity contribution in [2.45, 2.75) is 19.1 Å². The normalized spacial score (nSPS) is 18.7. The van der Waals surface area contributed by atoms with Crippen molar-refractivity contribution in [2.24, 2.45) is 0 Å². The Hall–Kier alpha value is -2.00. The van der Waals surface area contributed by atoms with Crippen LogP contribution in [0.5, 0.6) is 5.75 Å². The molecule has 1 radical (unpaired) electrons. The number of ether oxygens (including phenoxy) is 1. The molecule has 1 aliphatic heterocycles. The molecule has 1 fully saturated rings. The molecule has 0 spiro atoms. The minimum Gasteiger partial charge on any atom is -0.508 e. The van der Waals surface area contributed by atoms with Gasteiger partial charge in [-0.05, 0) is 42.7 Å². The quantitative estimate of drug-likeness (QED) is 0.933. The molecule has 0 saturated carbocycles. The van der Waals surface area contributed by atoms with Crippen molar-refractivity contribution in [1.29, 1.82) is 0 Å². The predicted molar refractivity (Wildman–Crippen MR) is 84.3 cm³/mol. The van der Waals surface area contributed by atoms with Gasteiger partial charge in [0.05, 0.1) is 12.7 Å². The summed E-state index contributed by atoms with van der Waals surface area (Å²) < 4.78 is 6.00. The van der Waals surface area contributed by atoms with Crippen LogP contribution in [0.15, 0.2) is 54.6 Å². The Morgan fingerprint density at radius 2 is 1.81 bits per heavy atom. The number of rotatable bonds is 4. The Labute approximate surface area is 125 Å². The van der Waals surface area contributed by atoms with Crippen LogP contribution in [0.3, 0.4) is 0 Å². The first-order valence-corrected chi connectivity index (χ1v) is 7.34. The van der Waals surface area contributed by atoms with Crippen LogP contribution >= 0.6 is 0 Å². The van der Waals surface area contributed by atoms with Crippen molar-refractivity contribution in [3.05, 3.63) is 66.6 Å². The summed E-state index contributed by atoms with van der Waals surface area (Å²) in [4.78, 5) is 2.30. The molecule has 109 valence electrons. The summed E-state index contributed by atoms with van der Waals surface area (Å²) in [6.07, 6.45) is 3.41. The van der Waals surface area contributed by atoms with Crippen molar-refractivity contribution >= 4 is 5.69 Å². The van der Waals surface area contributed by atoms with Crippen molar-refractivity contribution in [2.75, 3.05) is 18.0 Å². The van der Waals surface area contributed by atoms with Gasteiger partial charge in [0.1, 0.15) is 5.75 Å². The Balaban J connectivity index is 1.57. The maximum absolute atomic E-state index is 9.37. The lowest BCUT2D eigenvalue weighted by Crippen LogP contribution is -2.40. The summed E-state index contributed by atoms with van der Waals surface area (Å²) in [5.41, 5.74) is 2.34. The van der Waals surface area contributed by atoms with Gasteiger partial charge in [0, 0.05) is 18.8 Å². The fraction of sp³-hybridized carbons (Fsp3) is 0.278. The Kier molecular flexibility index (Phi) is 4.41. The zero-order chi connectivity index (χ0) is 14.5. The second-order valence-corrected chi connectivity index (χ2v) is 5.32. The molecule has 0 bridgehead atoms. The summed E-state index contributed by atoms with van der Waals surface area (Å²) in [6, 6.07) is 17.6. The highest BCUT2D eigenvalue weighted by Crippen LogP contribution is 2.23. The molecule has 1 atom stereocenters. The zero-order valence-corrected chi connectivity index (χ0v) is 12.0. The van der Waals surface area contributed by atoms with Gasteiger partial charge in [-0.1, -0.05) is 30.3 Å². The highest BCUT2D eigenvalue weighted by atomic mass is 16.5. The smallest absolute Gasteiger partial charge is 0.115 e. The van der Waals surface area contributed by atoms with Gasteiger partial charge in [0.2, 0.25) is 0 Å². The van der Waals surface area contributed by atoms with E-state index in [4.69, 9.17) is 4.74 Å². The Bertz CT molecular complexity index is 553. The molecule has 3 heteroatoms. The first kappa shape index (κ1) is 14.0. The number of hydrogen-bond donors (Lipinski definition) is 1. The highest BCUT2D eigenvalue weighted by Gasteiger charge is 2.20. The summed E-state index contributed by atoms with van der Waals surface area (Å²) in [5.74, 6) is 0.305. The number of aromatic hydroxyl groups is 1. The standard InChI is InChI=1S/C18H20NO2/c20-17-10-8-16(9-11-17)19-12-4-7-18(13-19)21-14-15-5-2-1-3-6-15/h1-3,5-11,18,20H,4,12-14H2. The van der Waals surface area contributed by atoms with Gasteiger partial charge in [-0.25, -0.2) is 0 Å².